The zero-order valence-electron chi connectivity index (χ0n) is 10.1. The summed E-state index contributed by atoms with van der Waals surface area (Å²) in [4.78, 5) is 0. The zero-order valence-corrected chi connectivity index (χ0v) is 13.5. The van der Waals surface area contributed by atoms with Crippen LogP contribution in [0.4, 0.5) is 0 Å². The highest BCUT2D eigenvalue weighted by molar-refractivity contribution is 8.93. The van der Waals surface area contributed by atoms with E-state index in [-0.39, 0.29) is 59.3 Å². The Morgan fingerprint density at radius 1 is 0.812 bits per heavy atom. The second-order valence-corrected chi connectivity index (χ2v) is 3.48. The molecule has 0 aliphatic heterocycles. The third kappa shape index (κ3) is 11.3. The monoisotopic (exact) mass is 364 g/mol. The van der Waals surface area contributed by atoms with Crippen LogP contribution in [0.3, 0.4) is 0 Å². The summed E-state index contributed by atoms with van der Waals surface area (Å²) in [6, 6.07) is 0.400. The molecule has 0 aromatic carbocycles. The fourth-order valence-corrected chi connectivity index (χ4v) is 1.23. The van der Waals surface area contributed by atoms with Gasteiger partial charge < -0.3 is 20.8 Å². The van der Waals surface area contributed by atoms with Crippen molar-refractivity contribution in [1.29, 1.82) is 0 Å². The maximum Gasteiger partial charge on any atom is 0.0584 e. The van der Waals surface area contributed by atoms with E-state index in [0.717, 1.165) is 25.9 Å². The van der Waals surface area contributed by atoms with Crippen molar-refractivity contribution < 1.29 is 10.2 Å². The molecule has 0 amide bonds. The first-order valence-corrected chi connectivity index (χ1v) is 5.46. The molecule has 0 aliphatic carbocycles. The zero-order chi connectivity index (χ0) is 10.8. The van der Waals surface area contributed by atoms with Crippen LogP contribution in [0.2, 0.25) is 0 Å². The number of halogens is 2. The molecule has 0 saturated heterocycles. The number of nitrogens with one attached hydrogen (secondary N) is 2. The van der Waals surface area contributed by atoms with Gasteiger partial charge in [0.15, 0.2) is 0 Å². The fourth-order valence-electron chi connectivity index (χ4n) is 1.23. The molecular weight excluding hydrogens is 340 g/mol. The molecule has 0 saturated carbocycles. The number of aliphatic hydroxyl groups excluding tert-OH is 2. The molecule has 0 aromatic rings. The maximum atomic E-state index is 8.90. The molecule has 0 bridgehead atoms. The minimum absolute atomic E-state index is 0. The predicted octanol–water partition coefficient (Wildman–Crippen LogP) is 0.863. The summed E-state index contributed by atoms with van der Waals surface area (Å²) >= 11 is 0. The fraction of sp³-hybridized carbons (Fsp3) is 1.00. The molecule has 0 aliphatic rings. The van der Waals surface area contributed by atoms with Gasteiger partial charge in [-0.2, -0.15) is 0 Å². The standard InChI is InChI=1S/C10H24N2O2.2BrH/c1-3-9(7-13)11-5-6-12-10(4-2)8-14;;/h9-14H,3-8H2,1-2H3;2*1H/t9-,10-;;/m0../s1. The molecule has 102 valence electrons. The summed E-state index contributed by atoms with van der Waals surface area (Å²) in [5.74, 6) is 0. The molecule has 0 fully saturated rings. The summed E-state index contributed by atoms with van der Waals surface area (Å²) in [7, 11) is 0. The first kappa shape index (κ1) is 22.0. The minimum atomic E-state index is 0. The van der Waals surface area contributed by atoms with Crippen molar-refractivity contribution in [2.24, 2.45) is 0 Å². The Morgan fingerprint density at radius 2 is 1.12 bits per heavy atom. The van der Waals surface area contributed by atoms with E-state index in [2.05, 4.69) is 10.6 Å². The van der Waals surface area contributed by atoms with Crippen LogP contribution < -0.4 is 10.6 Å². The highest BCUT2D eigenvalue weighted by atomic mass is 79.9. The van der Waals surface area contributed by atoms with Gasteiger partial charge in [0.1, 0.15) is 0 Å². The van der Waals surface area contributed by atoms with Gasteiger partial charge in [-0.05, 0) is 12.8 Å². The highest BCUT2D eigenvalue weighted by Crippen LogP contribution is 1.89. The quantitative estimate of drug-likeness (QED) is 0.458. The third-order valence-corrected chi connectivity index (χ3v) is 2.42. The van der Waals surface area contributed by atoms with Crippen molar-refractivity contribution in [3.8, 4) is 0 Å². The van der Waals surface area contributed by atoms with Crippen LogP contribution >= 0.6 is 34.0 Å². The van der Waals surface area contributed by atoms with Crippen molar-refractivity contribution in [3.05, 3.63) is 0 Å². The molecule has 4 nitrogen and oxygen atoms in total. The van der Waals surface area contributed by atoms with E-state index in [1.165, 1.54) is 0 Å². The summed E-state index contributed by atoms with van der Waals surface area (Å²) in [6.07, 6.45) is 1.88. The maximum absolute atomic E-state index is 8.90. The van der Waals surface area contributed by atoms with Crippen molar-refractivity contribution >= 4 is 34.0 Å². The van der Waals surface area contributed by atoms with Gasteiger partial charge in [-0.3, -0.25) is 0 Å². The van der Waals surface area contributed by atoms with Crippen molar-refractivity contribution in [2.75, 3.05) is 26.3 Å². The van der Waals surface area contributed by atoms with Crippen LogP contribution in [0.15, 0.2) is 0 Å². The summed E-state index contributed by atoms with van der Waals surface area (Å²) in [6.45, 7) is 6.13. The SMILES string of the molecule is Br.Br.CC[C@@H](CO)NCCN[C@@H](CC)CO. The number of hydrogen-bond donors (Lipinski definition) is 4. The van der Waals surface area contributed by atoms with Gasteiger partial charge in [0.05, 0.1) is 13.2 Å². The van der Waals surface area contributed by atoms with Crippen LogP contribution in [-0.2, 0) is 0 Å². The lowest BCUT2D eigenvalue weighted by Crippen LogP contribution is -2.40. The summed E-state index contributed by atoms with van der Waals surface area (Å²) < 4.78 is 0. The molecule has 4 N–H and O–H groups in total. The largest absolute Gasteiger partial charge is 0.395 e. The van der Waals surface area contributed by atoms with Gasteiger partial charge in [0.25, 0.3) is 0 Å². The molecule has 0 radical (unpaired) electrons. The van der Waals surface area contributed by atoms with Crippen molar-refractivity contribution in [1.82, 2.24) is 10.6 Å². The van der Waals surface area contributed by atoms with Crippen LogP contribution in [0.25, 0.3) is 0 Å². The van der Waals surface area contributed by atoms with Crippen LogP contribution in [-0.4, -0.2) is 48.6 Å². The Kier molecular flexibility index (Phi) is 21.7. The van der Waals surface area contributed by atoms with Gasteiger partial charge in [-0.15, -0.1) is 34.0 Å². The molecular formula is C10H26Br2N2O2. The number of hydrogen-bond acceptors (Lipinski definition) is 4. The number of rotatable bonds is 9. The van der Waals surface area contributed by atoms with E-state index in [4.69, 9.17) is 10.2 Å². The van der Waals surface area contributed by atoms with Crippen molar-refractivity contribution in [3.63, 3.8) is 0 Å². The highest BCUT2D eigenvalue weighted by Gasteiger charge is 2.04. The Balaban J connectivity index is -0.000000845. The van der Waals surface area contributed by atoms with E-state index in [1.54, 1.807) is 0 Å². The smallest absolute Gasteiger partial charge is 0.0584 e. The second-order valence-electron chi connectivity index (χ2n) is 3.48. The topological polar surface area (TPSA) is 64.5 Å². The van der Waals surface area contributed by atoms with Crippen molar-refractivity contribution in [2.45, 2.75) is 38.8 Å². The first-order valence-electron chi connectivity index (χ1n) is 5.46. The third-order valence-electron chi connectivity index (χ3n) is 2.42. The minimum Gasteiger partial charge on any atom is -0.395 e. The van der Waals surface area contributed by atoms with Crippen LogP contribution in [0.1, 0.15) is 26.7 Å². The van der Waals surface area contributed by atoms with E-state index >= 15 is 0 Å². The average molecular weight is 366 g/mol. The molecule has 6 heteroatoms. The molecule has 0 spiro atoms. The van der Waals surface area contributed by atoms with E-state index in [9.17, 15) is 0 Å². The second kappa shape index (κ2) is 15.8. The molecule has 0 heterocycles. The summed E-state index contributed by atoms with van der Waals surface area (Å²) in [5, 5.41) is 24.3. The van der Waals surface area contributed by atoms with Gasteiger partial charge in [0.2, 0.25) is 0 Å². The van der Waals surface area contributed by atoms with Gasteiger partial charge in [0, 0.05) is 25.2 Å². The lowest BCUT2D eigenvalue weighted by molar-refractivity contribution is 0.229. The number of aliphatic hydroxyl groups is 2. The summed E-state index contributed by atoms with van der Waals surface area (Å²) in [5.41, 5.74) is 0. The van der Waals surface area contributed by atoms with Gasteiger partial charge in [-0.1, -0.05) is 13.8 Å². The normalized spacial score (nSPS) is 13.5. The molecule has 16 heavy (non-hydrogen) atoms. The Bertz CT molecular complexity index is 109. The van der Waals surface area contributed by atoms with E-state index in [1.807, 2.05) is 13.8 Å². The Hall–Kier alpha value is 0.800. The van der Waals surface area contributed by atoms with E-state index in [0.29, 0.717) is 0 Å². The molecule has 0 aromatic heterocycles. The Labute approximate surface area is 120 Å². The molecule has 0 rings (SSSR count). The first-order chi connectivity index (χ1) is 6.78. The van der Waals surface area contributed by atoms with E-state index < -0.39 is 0 Å². The Morgan fingerprint density at radius 3 is 1.31 bits per heavy atom. The predicted molar refractivity (Wildman–Crippen MR) is 79.0 cm³/mol. The lowest BCUT2D eigenvalue weighted by atomic mass is 10.2. The van der Waals surface area contributed by atoms with Gasteiger partial charge in [-0.25, -0.2) is 0 Å². The van der Waals surface area contributed by atoms with Gasteiger partial charge >= 0.3 is 0 Å². The molecule has 2 atom stereocenters. The van der Waals surface area contributed by atoms with Crippen LogP contribution in [0, 0.1) is 0 Å². The average Bonchev–Trinajstić information content (AvgIpc) is 2.24. The molecule has 0 unspecified atom stereocenters. The van der Waals surface area contributed by atoms with Crippen LogP contribution in [0.5, 0.6) is 0 Å². The lowest BCUT2D eigenvalue weighted by Gasteiger charge is -2.17.